The van der Waals surface area contributed by atoms with Crippen molar-refractivity contribution < 1.29 is 31.7 Å². The Balaban J connectivity index is 0.000000537. The molecule has 2 heterocycles. The fourth-order valence-corrected chi connectivity index (χ4v) is 5.90. The second-order valence-electron chi connectivity index (χ2n) is 12.4. The van der Waals surface area contributed by atoms with E-state index in [4.69, 9.17) is 14.2 Å². The highest BCUT2D eigenvalue weighted by Crippen LogP contribution is 2.19. The number of nitrogens with zero attached hydrogens (tertiary/aromatic N) is 1. The van der Waals surface area contributed by atoms with E-state index in [1.54, 1.807) is 12.1 Å². The largest absolute Gasteiger partial charge is 0.744 e. The van der Waals surface area contributed by atoms with Crippen molar-refractivity contribution in [3.63, 3.8) is 0 Å². The molecule has 1 aliphatic rings. The Kier molecular flexibility index (Phi) is 22.1. The zero-order valence-corrected chi connectivity index (χ0v) is 29.0. The van der Waals surface area contributed by atoms with Gasteiger partial charge in [-0.2, -0.15) is 0 Å². The number of aryl methyl sites for hydroxylation is 2. The third kappa shape index (κ3) is 20.8. The summed E-state index contributed by atoms with van der Waals surface area (Å²) < 4.78 is 51.0. The van der Waals surface area contributed by atoms with E-state index in [1.165, 1.54) is 108 Å². The third-order valence-electron chi connectivity index (χ3n) is 8.20. The first-order valence-electron chi connectivity index (χ1n) is 17.7. The molecule has 0 aliphatic carbocycles. The molecule has 45 heavy (non-hydrogen) atoms. The van der Waals surface area contributed by atoms with Gasteiger partial charge in [0.2, 0.25) is 0 Å². The first kappa shape index (κ1) is 39.3. The van der Waals surface area contributed by atoms with E-state index in [9.17, 15) is 13.0 Å². The highest BCUT2D eigenvalue weighted by molar-refractivity contribution is 7.85. The van der Waals surface area contributed by atoms with Crippen LogP contribution in [0, 0.1) is 6.92 Å². The fourth-order valence-electron chi connectivity index (χ4n) is 5.43. The summed E-state index contributed by atoms with van der Waals surface area (Å²) in [4.78, 5) is -0.178. The van der Waals surface area contributed by atoms with Crippen molar-refractivity contribution in [1.82, 2.24) is 0 Å². The van der Waals surface area contributed by atoms with Crippen LogP contribution in [0.25, 0.3) is 0 Å². The van der Waals surface area contributed by atoms with E-state index in [1.807, 2.05) is 6.92 Å². The number of unbranched alkanes of at least 4 members (excludes halogenated alkanes) is 15. The number of pyridine rings is 1. The van der Waals surface area contributed by atoms with Crippen LogP contribution < -0.4 is 4.57 Å². The van der Waals surface area contributed by atoms with Gasteiger partial charge in [-0.05, 0) is 38.3 Å². The highest BCUT2D eigenvalue weighted by Gasteiger charge is 2.25. The summed E-state index contributed by atoms with van der Waals surface area (Å²) in [6, 6.07) is 12.0. The lowest BCUT2D eigenvalue weighted by atomic mass is 10.0. The Labute approximate surface area is 274 Å². The molecular formula is C37H61NO6S. The molecule has 7 nitrogen and oxygen atoms in total. The van der Waals surface area contributed by atoms with Gasteiger partial charge in [0.05, 0.1) is 18.1 Å². The molecule has 1 aromatic carbocycles. The van der Waals surface area contributed by atoms with Crippen molar-refractivity contribution in [2.75, 3.05) is 19.8 Å². The van der Waals surface area contributed by atoms with Crippen LogP contribution in [0.4, 0.5) is 0 Å². The summed E-state index contributed by atoms with van der Waals surface area (Å²) in [6.07, 6.45) is 28.6. The van der Waals surface area contributed by atoms with Crippen molar-refractivity contribution >= 4 is 10.1 Å². The maximum Gasteiger partial charge on any atom is 0.168 e. The van der Waals surface area contributed by atoms with Gasteiger partial charge < -0.3 is 18.8 Å². The summed E-state index contributed by atoms with van der Waals surface area (Å²) in [5.41, 5.74) is 0.928. The predicted octanol–water partition coefficient (Wildman–Crippen LogP) is 8.67. The Bertz CT molecular complexity index is 1060. The lowest BCUT2D eigenvalue weighted by Crippen LogP contribution is -2.32. The molecule has 0 amide bonds. The summed E-state index contributed by atoms with van der Waals surface area (Å²) in [5.74, 6) is 0. The lowest BCUT2D eigenvalue weighted by Gasteiger charge is -2.12. The van der Waals surface area contributed by atoms with Crippen molar-refractivity contribution in [2.24, 2.45) is 0 Å². The quantitative estimate of drug-likeness (QED) is 0.0644. The molecule has 0 saturated carbocycles. The molecule has 0 bridgehead atoms. The molecular weight excluding hydrogens is 586 g/mol. The third-order valence-corrected chi connectivity index (χ3v) is 9.05. The Morgan fingerprint density at radius 1 is 0.778 bits per heavy atom. The Morgan fingerprint density at radius 3 is 1.89 bits per heavy atom. The van der Waals surface area contributed by atoms with E-state index in [-0.39, 0.29) is 17.3 Å². The predicted molar refractivity (Wildman–Crippen MR) is 180 cm³/mol. The molecule has 1 aromatic heterocycles. The second-order valence-corrected chi connectivity index (χ2v) is 13.8. The lowest BCUT2D eigenvalue weighted by molar-refractivity contribution is -0.697. The smallest absolute Gasteiger partial charge is 0.168 e. The normalized spacial score (nSPS) is 16.4. The number of benzene rings is 1. The summed E-state index contributed by atoms with van der Waals surface area (Å²) in [6.45, 7) is 7.31. The van der Waals surface area contributed by atoms with Gasteiger partial charge in [-0.3, -0.25) is 0 Å². The average Bonchev–Trinajstić information content (AvgIpc) is 3.49. The van der Waals surface area contributed by atoms with Crippen LogP contribution in [0.5, 0.6) is 0 Å². The summed E-state index contributed by atoms with van der Waals surface area (Å²) in [5, 5.41) is 0. The van der Waals surface area contributed by atoms with Gasteiger partial charge in [-0.25, -0.2) is 13.0 Å². The molecule has 2 atom stereocenters. The topological polar surface area (TPSA) is 88.8 Å². The first-order valence-corrected chi connectivity index (χ1v) is 19.1. The van der Waals surface area contributed by atoms with E-state index in [0.717, 1.165) is 38.0 Å². The second kappa shape index (κ2) is 25.3. The van der Waals surface area contributed by atoms with Crippen LogP contribution in [0.2, 0.25) is 0 Å². The average molecular weight is 648 g/mol. The Morgan fingerprint density at radius 2 is 1.33 bits per heavy atom. The monoisotopic (exact) mass is 647 g/mol. The van der Waals surface area contributed by atoms with E-state index in [0.29, 0.717) is 13.2 Å². The summed E-state index contributed by atoms with van der Waals surface area (Å²) >= 11 is 0. The standard InChI is InChI=1S/C30H54NO3.C7H8O3S/c1-2-3-4-5-6-7-8-9-10-11-12-13-14-15-17-22-30-33-28-29(34-30)27-32-26-21-20-25-31-23-18-16-19-24-31;1-6-2-4-7(5-3-6)11(8,9)10/h16,18-19,23-24,29-30H,2-15,17,20-22,25-28H2,1H3;2-5H,1H3,(H,8,9,10)/q+1;/p-1/t29-,30-;/m0./s1. The van der Waals surface area contributed by atoms with Crippen LogP contribution in [0.1, 0.15) is 128 Å². The number of hydrogen-bond donors (Lipinski definition) is 0. The van der Waals surface area contributed by atoms with Crippen molar-refractivity contribution in [2.45, 2.75) is 153 Å². The molecule has 1 aliphatic heterocycles. The highest BCUT2D eigenvalue weighted by atomic mass is 32.2. The van der Waals surface area contributed by atoms with Gasteiger partial charge in [0.15, 0.2) is 18.7 Å². The van der Waals surface area contributed by atoms with E-state index >= 15 is 0 Å². The first-order chi connectivity index (χ1) is 21.9. The van der Waals surface area contributed by atoms with Gasteiger partial charge in [-0.15, -0.1) is 0 Å². The zero-order valence-electron chi connectivity index (χ0n) is 28.2. The minimum absolute atomic E-state index is 0.00921. The van der Waals surface area contributed by atoms with Gasteiger partial charge in [0.1, 0.15) is 22.8 Å². The molecule has 256 valence electrons. The van der Waals surface area contributed by atoms with Gasteiger partial charge in [0.25, 0.3) is 0 Å². The number of ether oxygens (including phenoxy) is 3. The van der Waals surface area contributed by atoms with Gasteiger partial charge in [0, 0.05) is 25.2 Å². The molecule has 3 rings (SSSR count). The number of hydrogen-bond acceptors (Lipinski definition) is 6. The zero-order chi connectivity index (χ0) is 32.4. The van der Waals surface area contributed by atoms with Gasteiger partial charge in [-0.1, -0.05) is 121 Å². The van der Waals surface area contributed by atoms with Crippen LogP contribution in [0.3, 0.4) is 0 Å². The van der Waals surface area contributed by atoms with Crippen LogP contribution in [-0.4, -0.2) is 45.2 Å². The van der Waals surface area contributed by atoms with Crippen molar-refractivity contribution in [1.29, 1.82) is 0 Å². The molecule has 8 heteroatoms. The number of aromatic nitrogens is 1. The van der Waals surface area contributed by atoms with Crippen molar-refractivity contribution in [3.05, 3.63) is 60.4 Å². The van der Waals surface area contributed by atoms with E-state index in [2.05, 4.69) is 42.1 Å². The molecule has 2 aromatic rings. The molecule has 0 N–H and O–H groups in total. The molecule has 1 saturated heterocycles. The van der Waals surface area contributed by atoms with Crippen LogP contribution in [0.15, 0.2) is 59.8 Å². The van der Waals surface area contributed by atoms with Crippen LogP contribution >= 0.6 is 0 Å². The molecule has 0 spiro atoms. The molecule has 1 fully saturated rings. The maximum atomic E-state index is 10.4. The van der Waals surface area contributed by atoms with Gasteiger partial charge >= 0.3 is 0 Å². The minimum atomic E-state index is -4.27. The van der Waals surface area contributed by atoms with E-state index < -0.39 is 10.1 Å². The molecule has 0 radical (unpaired) electrons. The Hall–Kier alpha value is -1.84. The van der Waals surface area contributed by atoms with Crippen LogP contribution in [-0.2, 0) is 30.9 Å². The SMILES string of the molecule is CCCCCCCCCCCCCCCCC[C@H]1OC[C@H](COCCCC[n+]2ccccc2)O1.Cc1ccc(S(=O)(=O)[O-])cc1. The van der Waals surface area contributed by atoms with Crippen molar-refractivity contribution in [3.8, 4) is 0 Å². The fraction of sp³-hybridized carbons (Fsp3) is 0.703. The molecule has 0 unspecified atom stereocenters. The summed E-state index contributed by atoms with van der Waals surface area (Å²) in [7, 11) is -4.27. The maximum absolute atomic E-state index is 10.4. The minimum Gasteiger partial charge on any atom is -0.744 e. The number of rotatable bonds is 24.